The Bertz CT molecular complexity index is 648. The molecule has 0 atom stereocenters. The molecular formula is C20H22N2. The number of nitrogens with zero attached hydrogens (tertiary/aromatic N) is 2. The maximum absolute atomic E-state index is 9.05. The number of rotatable bonds is 7. The summed E-state index contributed by atoms with van der Waals surface area (Å²) in [7, 11) is 0. The smallest absolute Gasteiger partial charge is 0.101 e. The molecule has 0 amide bonds. The zero-order valence-electron chi connectivity index (χ0n) is 13.1. The van der Waals surface area contributed by atoms with Crippen molar-refractivity contribution < 1.29 is 0 Å². The van der Waals surface area contributed by atoms with Crippen LogP contribution in [0.2, 0.25) is 0 Å². The molecule has 2 nitrogen and oxygen atoms in total. The van der Waals surface area contributed by atoms with Crippen LogP contribution in [0.3, 0.4) is 0 Å². The summed E-state index contributed by atoms with van der Waals surface area (Å²) in [6.45, 7) is 2.23. The highest BCUT2D eigenvalue weighted by atomic mass is 14.7. The minimum absolute atomic E-state index is 0.603. The van der Waals surface area contributed by atoms with Gasteiger partial charge in [-0.1, -0.05) is 62.6 Å². The molecule has 0 aliphatic rings. The fraction of sp³-hybridized carbons (Fsp3) is 0.300. The number of benzene rings is 2. The Kier molecular flexibility index (Phi) is 6.39. The number of unbranched alkanes of at least 4 members (excludes halogenated alkanes) is 3. The first-order chi connectivity index (χ1) is 10.8. The first kappa shape index (κ1) is 16.0. The average molecular weight is 290 g/mol. The zero-order valence-corrected chi connectivity index (χ0v) is 13.1. The quantitative estimate of drug-likeness (QED) is 0.494. The van der Waals surface area contributed by atoms with Crippen LogP contribution in [0.1, 0.15) is 49.3 Å². The molecule has 0 saturated carbocycles. The number of aryl methyl sites for hydroxylation is 1. The Morgan fingerprint density at radius 3 is 2.50 bits per heavy atom. The van der Waals surface area contributed by atoms with Crippen molar-refractivity contribution in [1.82, 2.24) is 0 Å². The lowest BCUT2D eigenvalue weighted by atomic mass is 10.0. The number of hydrogen-bond donors (Lipinski definition) is 0. The molecule has 0 fully saturated rings. The Hall–Kier alpha value is -2.40. The molecule has 2 aromatic rings. The van der Waals surface area contributed by atoms with Crippen molar-refractivity contribution in [2.45, 2.75) is 39.0 Å². The predicted octanol–water partition coefficient (Wildman–Crippen LogP) is 5.43. The van der Waals surface area contributed by atoms with Gasteiger partial charge in [0.15, 0.2) is 0 Å². The highest BCUT2D eigenvalue weighted by Crippen LogP contribution is 2.17. The van der Waals surface area contributed by atoms with E-state index in [1.165, 1.54) is 31.2 Å². The van der Waals surface area contributed by atoms with Crippen molar-refractivity contribution in [2.24, 2.45) is 4.99 Å². The number of para-hydroxylation sites is 1. The SMILES string of the molecule is CCCCCCc1ccc(C=Nc2ccccc2C#N)cc1. The summed E-state index contributed by atoms with van der Waals surface area (Å²) in [5.41, 5.74) is 3.76. The van der Waals surface area contributed by atoms with E-state index in [4.69, 9.17) is 5.26 Å². The second-order valence-corrected chi connectivity index (χ2v) is 5.44. The van der Waals surface area contributed by atoms with Crippen molar-refractivity contribution in [3.05, 3.63) is 65.2 Å². The molecule has 0 aliphatic heterocycles. The molecular weight excluding hydrogens is 268 g/mol. The van der Waals surface area contributed by atoms with Gasteiger partial charge in [-0.2, -0.15) is 5.26 Å². The molecule has 0 spiro atoms. The van der Waals surface area contributed by atoms with Gasteiger partial charge in [-0.25, -0.2) is 0 Å². The third kappa shape index (κ3) is 4.86. The lowest BCUT2D eigenvalue weighted by molar-refractivity contribution is 0.667. The van der Waals surface area contributed by atoms with Crippen molar-refractivity contribution in [3.63, 3.8) is 0 Å². The van der Waals surface area contributed by atoms with Gasteiger partial charge in [0.25, 0.3) is 0 Å². The highest BCUT2D eigenvalue weighted by molar-refractivity contribution is 5.82. The molecule has 0 saturated heterocycles. The van der Waals surface area contributed by atoms with E-state index in [9.17, 15) is 0 Å². The van der Waals surface area contributed by atoms with Crippen molar-refractivity contribution >= 4 is 11.9 Å². The maximum Gasteiger partial charge on any atom is 0.101 e. The molecule has 22 heavy (non-hydrogen) atoms. The monoisotopic (exact) mass is 290 g/mol. The molecule has 0 heterocycles. The van der Waals surface area contributed by atoms with Gasteiger partial charge >= 0.3 is 0 Å². The molecule has 2 heteroatoms. The molecule has 0 radical (unpaired) electrons. The lowest BCUT2D eigenvalue weighted by Crippen LogP contribution is -1.88. The highest BCUT2D eigenvalue weighted by Gasteiger charge is 1.98. The minimum Gasteiger partial charge on any atom is -0.255 e. The Labute approximate surface area is 133 Å². The van der Waals surface area contributed by atoms with E-state index in [1.807, 2.05) is 24.4 Å². The summed E-state index contributed by atoms with van der Waals surface area (Å²) in [4.78, 5) is 4.42. The summed E-state index contributed by atoms with van der Waals surface area (Å²) in [5, 5.41) is 9.05. The standard InChI is InChI=1S/C20H22N2/c1-2-3-4-5-8-17-11-13-18(14-12-17)16-22-20-10-7-6-9-19(20)15-21/h6-7,9-14,16H,2-5,8H2,1H3. The van der Waals surface area contributed by atoms with Crippen molar-refractivity contribution in [3.8, 4) is 6.07 Å². The Morgan fingerprint density at radius 2 is 1.77 bits per heavy atom. The fourth-order valence-corrected chi connectivity index (χ4v) is 2.35. The van der Waals surface area contributed by atoms with Gasteiger partial charge in [0.1, 0.15) is 6.07 Å². The van der Waals surface area contributed by atoms with E-state index < -0.39 is 0 Å². The summed E-state index contributed by atoms with van der Waals surface area (Å²) in [5.74, 6) is 0. The fourth-order valence-electron chi connectivity index (χ4n) is 2.35. The van der Waals surface area contributed by atoms with Crippen LogP contribution in [0, 0.1) is 11.3 Å². The van der Waals surface area contributed by atoms with Gasteiger partial charge in [-0.05, 0) is 36.1 Å². The van der Waals surface area contributed by atoms with Crippen LogP contribution in [-0.4, -0.2) is 6.21 Å². The third-order valence-corrected chi connectivity index (χ3v) is 3.68. The van der Waals surface area contributed by atoms with Crippen LogP contribution in [0.25, 0.3) is 0 Å². The third-order valence-electron chi connectivity index (χ3n) is 3.68. The molecule has 2 aromatic carbocycles. The van der Waals surface area contributed by atoms with E-state index >= 15 is 0 Å². The topological polar surface area (TPSA) is 36.1 Å². The lowest BCUT2D eigenvalue weighted by Gasteiger charge is -2.02. The number of nitriles is 1. The van der Waals surface area contributed by atoms with Crippen LogP contribution in [0.4, 0.5) is 5.69 Å². The molecule has 2 rings (SSSR count). The van der Waals surface area contributed by atoms with Gasteiger partial charge in [0.05, 0.1) is 11.3 Å². The zero-order chi connectivity index (χ0) is 15.6. The van der Waals surface area contributed by atoms with E-state index in [-0.39, 0.29) is 0 Å². The van der Waals surface area contributed by atoms with Crippen molar-refractivity contribution in [2.75, 3.05) is 0 Å². The van der Waals surface area contributed by atoms with Crippen LogP contribution >= 0.6 is 0 Å². The molecule has 0 N–H and O–H groups in total. The van der Waals surface area contributed by atoms with E-state index in [0.29, 0.717) is 11.3 Å². The normalized spacial score (nSPS) is 10.7. The summed E-state index contributed by atoms with van der Waals surface area (Å²) in [6, 6.07) is 18.1. The van der Waals surface area contributed by atoms with Gasteiger partial charge in [-0.3, -0.25) is 4.99 Å². The van der Waals surface area contributed by atoms with E-state index in [2.05, 4.69) is 42.3 Å². The van der Waals surface area contributed by atoms with Crippen molar-refractivity contribution in [1.29, 1.82) is 5.26 Å². The Balaban J connectivity index is 1.96. The van der Waals surface area contributed by atoms with Crippen LogP contribution < -0.4 is 0 Å². The molecule has 112 valence electrons. The van der Waals surface area contributed by atoms with Crippen LogP contribution in [-0.2, 0) is 6.42 Å². The number of aliphatic imine (C=N–C) groups is 1. The van der Waals surface area contributed by atoms with Crippen LogP contribution in [0.15, 0.2) is 53.5 Å². The average Bonchev–Trinajstić information content (AvgIpc) is 2.58. The van der Waals surface area contributed by atoms with Gasteiger partial charge in [0.2, 0.25) is 0 Å². The molecule has 0 unspecified atom stereocenters. The maximum atomic E-state index is 9.05. The van der Waals surface area contributed by atoms with Gasteiger partial charge < -0.3 is 0 Å². The van der Waals surface area contributed by atoms with Crippen LogP contribution in [0.5, 0.6) is 0 Å². The molecule has 0 aromatic heterocycles. The number of hydrogen-bond acceptors (Lipinski definition) is 2. The first-order valence-corrected chi connectivity index (χ1v) is 7.95. The minimum atomic E-state index is 0.603. The second kappa shape index (κ2) is 8.79. The van der Waals surface area contributed by atoms with Gasteiger partial charge in [0, 0.05) is 6.21 Å². The Morgan fingerprint density at radius 1 is 1.00 bits per heavy atom. The second-order valence-electron chi connectivity index (χ2n) is 5.44. The summed E-state index contributed by atoms with van der Waals surface area (Å²) in [6.07, 6.45) is 8.13. The largest absolute Gasteiger partial charge is 0.255 e. The summed E-state index contributed by atoms with van der Waals surface area (Å²) < 4.78 is 0. The van der Waals surface area contributed by atoms with Gasteiger partial charge in [-0.15, -0.1) is 0 Å². The predicted molar refractivity (Wildman–Crippen MR) is 92.7 cm³/mol. The molecule has 0 bridgehead atoms. The first-order valence-electron chi connectivity index (χ1n) is 7.95. The van der Waals surface area contributed by atoms with E-state index in [1.54, 1.807) is 6.07 Å². The molecule has 0 aliphatic carbocycles. The summed E-state index contributed by atoms with van der Waals surface area (Å²) >= 11 is 0. The van der Waals surface area contributed by atoms with E-state index in [0.717, 1.165) is 12.0 Å².